The molecule has 1 fully saturated rings. The van der Waals surface area contributed by atoms with Gasteiger partial charge in [-0.15, -0.1) is 0 Å². The molecule has 5 heteroatoms. The Morgan fingerprint density at radius 1 is 1.29 bits per heavy atom. The van der Waals surface area contributed by atoms with Crippen LogP contribution >= 0.6 is 0 Å². The van der Waals surface area contributed by atoms with Gasteiger partial charge in [-0.1, -0.05) is 52.0 Å². The van der Waals surface area contributed by atoms with E-state index >= 15 is 0 Å². The van der Waals surface area contributed by atoms with E-state index in [9.17, 15) is 9.59 Å². The summed E-state index contributed by atoms with van der Waals surface area (Å²) in [7, 11) is 0. The zero-order chi connectivity index (χ0) is 17.9. The molecular formula is C19H29N3O2. The molecule has 1 aliphatic rings. The van der Waals surface area contributed by atoms with Gasteiger partial charge in [0.15, 0.2) is 0 Å². The molecule has 3 atom stereocenters. The van der Waals surface area contributed by atoms with Gasteiger partial charge in [0, 0.05) is 0 Å². The monoisotopic (exact) mass is 331 g/mol. The minimum Gasteiger partial charge on any atom is -0.348 e. The number of hydrogen-bond acceptors (Lipinski definition) is 3. The Bertz CT molecular complexity index is 590. The third kappa shape index (κ3) is 4.57. The molecule has 2 amide bonds. The predicted molar refractivity (Wildman–Crippen MR) is 95.5 cm³/mol. The third-order valence-corrected chi connectivity index (χ3v) is 4.44. The molecule has 0 aliphatic carbocycles. The number of carbonyl (C=O) groups excluding carboxylic acids is 2. The Hall–Kier alpha value is -1.88. The Balaban J connectivity index is 2.06. The highest BCUT2D eigenvalue weighted by Gasteiger charge is 2.29. The zero-order valence-corrected chi connectivity index (χ0v) is 15.3. The van der Waals surface area contributed by atoms with E-state index in [0.717, 1.165) is 12.0 Å². The van der Waals surface area contributed by atoms with Gasteiger partial charge in [-0.3, -0.25) is 14.9 Å². The second kappa shape index (κ2) is 7.34. The van der Waals surface area contributed by atoms with E-state index in [1.54, 1.807) is 0 Å². The summed E-state index contributed by atoms with van der Waals surface area (Å²) in [6.07, 6.45) is 0.790. The van der Waals surface area contributed by atoms with Gasteiger partial charge in [0.25, 0.3) is 0 Å². The highest BCUT2D eigenvalue weighted by Crippen LogP contribution is 2.25. The number of hydrogen-bond donors (Lipinski definition) is 3. The maximum atomic E-state index is 12.5. The smallest absolute Gasteiger partial charge is 0.238 e. The van der Waals surface area contributed by atoms with Crippen molar-refractivity contribution in [2.45, 2.75) is 71.1 Å². The molecule has 2 rings (SSSR count). The van der Waals surface area contributed by atoms with Crippen LogP contribution in [0.15, 0.2) is 24.3 Å². The van der Waals surface area contributed by atoms with Crippen molar-refractivity contribution >= 4 is 11.8 Å². The minimum atomic E-state index is -0.475. The molecule has 3 N–H and O–H groups in total. The SMILES string of the molecule is CCC(NC(=O)C1CC(=O)NC(C)N1)c1ccc(C(C)(C)C)cc1. The van der Waals surface area contributed by atoms with Crippen LogP contribution < -0.4 is 16.0 Å². The van der Waals surface area contributed by atoms with Gasteiger partial charge in [-0.05, 0) is 29.9 Å². The van der Waals surface area contributed by atoms with E-state index in [2.05, 4.69) is 61.0 Å². The first-order chi connectivity index (χ1) is 11.2. The zero-order valence-electron chi connectivity index (χ0n) is 15.3. The molecule has 0 aromatic heterocycles. The summed E-state index contributed by atoms with van der Waals surface area (Å²) in [6, 6.07) is 7.89. The molecule has 132 valence electrons. The Kier molecular flexibility index (Phi) is 5.65. The van der Waals surface area contributed by atoms with Gasteiger partial charge in [0.2, 0.25) is 11.8 Å². The molecule has 1 saturated heterocycles. The quantitative estimate of drug-likeness (QED) is 0.793. The Labute approximate surface area is 144 Å². The standard InChI is InChI=1S/C19H29N3O2/c1-6-15(13-7-9-14(10-8-13)19(3,4)5)22-18(24)16-11-17(23)21-12(2)20-16/h7-10,12,15-16,20H,6,11H2,1-5H3,(H,21,23)(H,22,24). The van der Waals surface area contributed by atoms with Crippen LogP contribution in [0.1, 0.15) is 64.6 Å². The van der Waals surface area contributed by atoms with Crippen LogP contribution in [0, 0.1) is 0 Å². The molecule has 0 saturated carbocycles. The third-order valence-electron chi connectivity index (χ3n) is 4.44. The van der Waals surface area contributed by atoms with E-state index < -0.39 is 6.04 Å². The second-order valence-electron chi connectivity index (χ2n) is 7.55. The fourth-order valence-electron chi connectivity index (χ4n) is 2.97. The molecule has 5 nitrogen and oxygen atoms in total. The number of rotatable bonds is 4. The lowest BCUT2D eigenvalue weighted by Gasteiger charge is -2.30. The highest BCUT2D eigenvalue weighted by molar-refractivity contribution is 5.89. The lowest BCUT2D eigenvalue weighted by Crippen LogP contribution is -2.59. The molecule has 0 spiro atoms. The van der Waals surface area contributed by atoms with Crippen LogP contribution in [0.2, 0.25) is 0 Å². The van der Waals surface area contributed by atoms with Crippen molar-refractivity contribution in [3.63, 3.8) is 0 Å². The van der Waals surface area contributed by atoms with E-state index in [1.165, 1.54) is 5.56 Å². The summed E-state index contributed by atoms with van der Waals surface area (Å²) in [5.41, 5.74) is 2.47. The number of benzene rings is 1. The molecule has 1 aromatic rings. The molecule has 1 aromatic carbocycles. The predicted octanol–water partition coefficient (Wildman–Crippen LogP) is 2.38. The van der Waals surface area contributed by atoms with Crippen molar-refractivity contribution in [1.29, 1.82) is 0 Å². The van der Waals surface area contributed by atoms with Crippen LogP contribution in [0.3, 0.4) is 0 Å². The van der Waals surface area contributed by atoms with Crippen molar-refractivity contribution in [3.05, 3.63) is 35.4 Å². The molecule has 24 heavy (non-hydrogen) atoms. The first-order valence-corrected chi connectivity index (χ1v) is 8.67. The summed E-state index contributed by atoms with van der Waals surface area (Å²) in [5.74, 6) is -0.215. The number of amides is 2. The fourth-order valence-corrected chi connectivity index (χ4v) is 2.97. The van der Waals surface area contributed by atoms with Gasteiger partial charge in [0.05, 0.1) is 24.7 Å². The number of carbonyl (C=O) groups is 2. The van der Waals surface area contributed by atoms with Crippen molar-refractivity contribution in [3.8, 4) is 0 Å². The summed E-state index contributed by atoms with van der Waals surface area (Å²) in [5, 5.41) is 8.94. The normalized spacial score (nSPS) is 22.6. The highest BCUT2D eigenvalue weighted by atomic mass is 16.2. The summed E-state index contributed by atoms with van der Waals surface area (Å²) >= 11 is 0. The van der Waals surface area contributed by atoms with E-state index in [4.69, 9.17) is 0 Å². The molecule has 3 unspecified atom stereocenters. The second-order valence-corrected chi connectivity index (χ2v) is 7.55. The van der Waals surface area contributed by atoms with Crippen LogP contribution in [-0.2, 0) is 15.0 Å². The Morgan fingerprint density at radius 3 is 2.42 bits per heavy atom. The van der Waals surface area contributed by atoms with Crippen molar-refractivity contribution in [1.82, 2.24) is 16.0 Å². The van der Waals surface area contributed by atoms with Crippen LogP contribution in [0.25, 0.3) is 0 Å². The maximum Gasteiger partial charge on any atom is 0.238 e. The lowest BCUT2D eigenvalue weighted by atomic mass is 9.86. The first kappa shape index (κ1) is 18.5. The number of nitrogens with one attached hydrogen (secondary N) is 3. The van der Waals surface area contributed by atoms with Crippen LogP contribution in [-0.4, -0.2) is 24.0 Å². The van der Waals surface area contributed by atoms with Gasteiger partial charge in [-0.2, -0.15) is 0 Å². The maximum absolute atomic E-state index is 12.5. The van der Waals surface area contributed by atoms with Gasteiger partial charge in [0.1, 0.15) is 0 Å². The van der Waals surface area contributed by atoms with Gasteiger partial charge < -0.3 is 10.6 Å². The lowest BCUT2D eigenvalue weighted by molar-refractivity contribution is -0.132. The summed E-state index contributed by atoms with van der Waals surface area (Å²) in [6.45, 7) is 10.4. The summed E-state index contributed by atoms with van der Waals surface area (Å²) in [4.78, 5) is 24.1. The largest absolute Gasteiger partial charge is 0.348 e. The fraction of sp³-hybridized carbons (Fsp3) is 0.579. The molecule has 0 bridgehead atoms. The van der Waals surface area contributed by atoms with Crippen molar-refractivity contribution < 1.29 is 9.59 Å². The van der Waals surface area contributed by atoms with Crippen molar-refractivity contribution in [2.24, 2.45) is 0 Å². The van der Waals surface area contributed by atoms with E-state index in [1.807, 2.05) is 13.8 Å². The molecular weight excluding hydrogens is 302 g/mol. The molecule has 1 heterocycles. The van der Waals surface area contributed by atoms with Gasteiger partial charge >= 0.3 is 0 Å². The van der Waals surface area contributed by atoms with Crippen LogP contribution in [0.4, 0.5) is 0 Å². The van der Waals surface area contributed by atoms with Crippen LogP contribution in [0.5, 0.6) is 0 Å². The summed E-state index contributed by atoms with van der Waals surface area (Å²) < 4.78 is 0. The average molecular weight is 331 g/mol. The van der Waals surface area contributed by atoms with E-state index in [0.29, 0.717) is 0 Å². The Morgan fingerprint density at radius 2 is 1.92 bits per heavy atom. The molecule has 0 radical (unpaired) electrons. The molecule has 1 aliphatic heterocycles. The minimum absolute atomic E-state index is 0.0476. The van der Waals surface area contributed by atoms with Gasteiger partial charge in [-0.25, -0.2) is 0 Å². The van der Waals surface area contributed by atoms with Crippen molar-refractivity contribution in [2.75, 3.05) is 0 Å². The average Bonchev–Trinajstić information content (AvgIpc) is 2.50. The first-order valence-electron chi connectivity index (χ1n) is 8.67. The van der Waals surface area contributed by atoms with E-state index in [-0.39, 0.29) is 35.9 Å². The topological polar surface area (TPSA) is 70.2 Å².